The number of aliphatic hydroxyl groups is 2. The van der Waals surface area contributed by atoms with Crippen molar-refractivity contribution in [3.05, 3.63) is 35.9 Å². The van der Waals surface area contributed by atoms with Gasteiger partial charge >= 0.3 is 5.97 Å². The molecule has 22 heavy (non-hydrogen) atoms. The first-order valence-electron chi connectivity index (χ1n) is 7.82. The first-order chi connectivity index (χ1) is 10.4. The second kappa shape index (κ2) is 7.22. The zero-order valence-electron chi connectivity index (χ0n) is 13.0. The Bertz CT molecular complexity index is 493. The number of nitrogens with zero attached hydrogens (tertiary/aromatic N) is 1. The van der Waals surface area contributed by atoms with E-state index in [9.17, 15) is 15.0 Å². The second-order valence-electron chi connectivity index (χ2n) is 6.38. The third kappa shape index (κ3) is 4.06. The molecule has 0 bridgehead atoms. The molecule has 3 N–H and O–H groups in total. The summed E-state index contributed by atoms with van der Waals surface area (Å²) in [6, 6.07) is 10.3. The highest BCUT2D eigenvalue weighted by molar-refractivity contribution is 5.78. The molecule has 1 aliphatic rings. The number of aliphatic hydroxyl groups excluding tert-OH is 1. The van der Waals surface area contributed by atoms with E-state index in [0.29, 0.717) is 12.5 Å². The highest BCUT2D eigenvalue weighted by atomic mass is 16.4. The summed E-state index contributed by atoms with van der Waals surface area (Å²) in [6.45, 7) is 3.67. The van der Waals surface area contributed by atoms with Crippen LogP contribution in [-0.2, 0) is 11.2 Å². The van der Waals surface area contributed by atoms with Gasteiger partial charge in [-0.3, -0.25) is 0 Å². The van der Waals surface area contributed by atoms with Crippen LogP contribution in [0.4, 0.5) is 0 Å². The van der Waals surface area contributed by atoms with Gasteiger partial charge in [0.15, 0.2) is 5.60 Å². The monoisotopic (exact) mass is 307 g/mol. The molecule has 0 aromatic heterocycles. The van der Waals surface area contributed by atoms with Crippen LogP contribution in [-0.4, -0.2) is 57.5 Å². The van der Waals surface area contributed by atoms with Gasteiger partial charge in [0.25, 0.3) is 0 Å². The van der Waals surface area contributed by atoms with E-state index in [2.05, 4.69) is 19.1 Å². The molecule has 0 spiro atoms. The molecule has 122 valence electrons. The summed E-state index contributed by atoms with van der Waals surface area (Å²) >= 11 is 0. The number of hydrogen-bond donors (Lipinski definition) is 3. The fraction of sp³-hybridized carbons (Fsp3) is 0.588. The van der Waals surface area contributed by atoms with Gasteiger partial charge in [0, 0.05) is 26.1 Å². The van der Waals surface area contributed by atoms with Crippen molar-refractivity contribution in [2.45, 2.75) is 37.9 Å². The molecule has 0 radical (unpaired) electrons. The number of rotatable bonds is 6. The first kappa shape index (κ1) is 16.9. The maximum atomic E-state index is 11.0. The molecule has 1 aliphatic heterocycles. The van der Waals surface area contributed by atoms with Gasteiger partial charge in [-0.15, -0.1) is 0 Å². The van der Waals surface area contributed by atoms with Crippen LogP contribution < -0.4 is 0 Å². The Balaban J connectivity index is 1.79. The number of likely N-dealkylation sites (tertiary alicyclic amines) is 1. The van der Waals surface area contributed by atoms with Crippen molar-refractivity contribution in [1.29, 1.82) is 0 Å². The SMILES string of the molecule is CC(CCc1ccccc1)CN1CC[C@](O)(C(=O)O)[C@@H](O)C1. The quantitative estimate of drug-likeness (QED) is 0.734. The van der Waals surface area contributed by atoms with E-state index in [0.717, 1.165) is 19.4 Å². The van der Waals surface area contributed by atoms with Crippen LogP contribution in [0.25, 0.3) is 0 Å². The number of carbonyl (C=O) groups is 1. The van der Waals surface area contributed by atoms with E-state index in [1.165, 1.54) is 5.56 Å². The molecular formula is C17H25NO4. The average molecular weight is 307 g/mol. The minimum Gasteiger partial charge on any atom is -0.479 e. The second-order valence-corrected chi connectivity index (χ2v) is 6.38. The van der Waals surface area contributed by atoms with E-state index in [-0.39, 0.29) is 13.0 Å². The predicted octanol–water partition coefficient (Wildman–Crippen LogP) is 1.14. The molecule has 5 heteroatoms. The Kier molecular flexibility index (Phi) is 5.56. The molecule has 1 aromatic carbocycles. The van der Waals surface area contributed by atoms with Crippen molar-refractivity contribution < 1.29 is 20.1 Å². The Morgan fingerprint density at radius 3 is 2.68 bits per heavy atom. The van der Waals surface area contributed by atoms with E-state index in [4.69, 9.17) is 5.11 Å². The molecule has 1 heterocycles. The van der Waals surface area contributed by atoms with E-state index >= 15 is 0 Å². The van der Waals surface area contributed by atoms with Crippen molar-refractivity contribution in [3.8, 4) is 0 Å². The highest BCUT2D eigenvalue weighted by Crippen LogP contribution is 2.24. The number of aryl methyl sites for hydroxylation is 1. The molecule has 0 amide bonds. The third-order valence-corrected chi connectivity index (χ3v) is 4.50. The number of carboxylic acid groups (broad SMARTS) is 1. The number of hydrogen-bond acceptors (Lipinski definition) is 4. The van der Waals surface area contributed by atoms with E-state index in [1.807, 2.05) is 23.1 Å². The summed E-state index contributed by atoms with van der Waals surface area (Å²) in [4.78, 5) is 13.1. The number of benzene rings is 1. The van der Waals surface area contributed by atoms with Crippen LogP contribution in [0.1, 0.15) is 25.3 Å². The Labute approximate surface area is 131 Å². The summed E-state index contributed by atoms with van der Waals surface area (Å²) in [6.07, 6.45) is 0.881. The lowest BCUT2D eigenvalue weighted by Gasteiger charge is -2.40. The summed E-state index contributed by atoms with van der Waals surface area (Å²) in [5, 5.41) is 28.9. The lowest BCUT2D eigenvalue weighted by atomic mass is 9.88. The van der Waals surface area contributed by atoms with Gasteiger partial charge in [0.1, 0.15) is 6.10 Å². The fourth-order valence-corrected chi connectivity index (χ4v) is 2.99. The van der Waals surface area contributed by atoms with Crippen LogP contribution in [0.5, 0.6) is 0 Å². The zero-order valence-corrected chi connectivity index (χ0v) is 13.0. The standard InChI is InChI=1S/C17H25NO4/c1-13(7-8-14-5-3-2-4-6-14)11-18-10-9-17(22,16(20)21)15(19)12-18/h2-6,13,15,19,22H,7-12H2,1H3,(H,20,21)/t13?,15-,17+/m0/s1. The zero-order chi connectivity index (χ0) is 16.2. The fourth-order valence-electron chi connectivity index (χ4n) is 2.99. The van der Waals surface area contributed by atoms with Gasteiger partial charge < -0.3 is 20.2 Å². The molecular weight excluding hydrogens is 282 g/mol. The van der Waals surface area contributed by atoms with Crippen LogP contribution in [0.15, 0.2) is 30.3 Å². The van der Waals surface area contributed by atoms with Crippen LogP contribution in [0.3, 0.4) is 0 Å². The van der Waals surface area contributed by atoms with Crippen LogP contribution in [0, 0.1) is 5.92 Å². The maximum Gasteiger partial charge on any atom is 0.338 e. The Hall–Kier alpha value is -1.43. The maximum absolute atomic E-state index is 11.0. The van der Waals surface area contributed by atoms with Crippen molar-refractivity contribution in [2.75, 3.05) is 19.6 Å². The van der Waals surface area contributed by atoms with Gasteiger partial charge in [-0.2, -0.15) is 0 Å². The van der Waals surface area contributed by atoms with Crippen molar-refractivity contribution >= 4 is 5.97 Å². The molecule has 5 nitrogen and oxygen atoms in total. The van der Waals surface area contributed by atoms with Crippen molar-refractivity contribution in [3.63, 3.8) is 0 Å². The van der Waals surface area contributed by atoms with Gasteiger partial charge in [0.05, 0.1) is 0 Å². The number of piperidine rings is 1. The largest absolute Gasteiger partial charge is 0.479 e. The van der Waals surface area contributed by atoms with Gasteiger partial charge in [0.2, 0.25) is 0 Å². The smallest absolute Gasteiger partial charge is 0.338 e. The molecule has 1 saturated heterocycles. The summed E-state index contributed by atoms with van der Waals surface area (Å²) < 4.78 is 0. The molecule has 1 aromatic rings. The summed E-state index contributed by atoms with van der Waals surface area (Å²) in [7, 11) is 0. The van der Waals surface area contributed by atoms with Gasteiger partial charge in [-0.25, -0.2) is 4.79 Å². The first-order valence-corrected chi connectivity index (χ1v) is 7.82. The predicted molar refractivity (Wildman–Crippen MR) is 83.6 cm³/mol. The van der Waals surface area contributed by atoms with Crippen LogP contribution in [0.2, 0.25) is 0 Å². The average Bonchev–Trinajstić information content (AvgIpc) is 2.50. The highest BCUT2D eigenvalue weighted by Gasteiger charge is 2.47. The molecule has 3 atom stereocenters. The number of carboxylic acids is 1. The van der Waals surface area contributed by atoms with Crippen molar-refractivity contribution in [2.24, 2.45) is 5.92 Å². The minimum atomic E-state index is -2.00. The Morgan fingerprint density at radius 2 is 2.09 bits per heavy atom. The topological polar surface area (TPSA) is 81.0 Å². The minimum absolute atomic E-state index is 0.0644. The van der Waals surface area contributed by atoms with Crippen molar-refractivity contribution in [1.82, 2.24) is 4.90 Å². The van der Waals surface area contributed by atoms with Crippen LogP contribution >= 0.6 is 0 Å². The summed E-state index contributed by atoms with van der Waals surface area (Å²) in [5.41, 5.74) is -0.683. The molecule has 1 fully saturated rings. The molecule has 2 rings (SSSR count). The molecule has 1 unspecified atom stereocenters. The molecule has 0 aliphatic carbocycles. The third-order valence-electron chi connectivity index (χ3n) is 4.50. The number of aliphatic carboxylic acids is 1. The van der Waals surface area contributed by atoms with Gasteiger partial charge in [-0.05, 0) is 24.3 Å². The molecule has 0 saturated carbocycles. The summed E-state index contributed by atoms with van der Waals surface area (Å²) in [5.74, 6) is -0.889. The normalized spacial score (nSPS) is 27.5. The van der Waals surface area contributed by atoms with Gasteiger partial charge in [-0.1, -0.05) is 37.3 Å². The lowest BCUT2D eigenvalue weighted by molar-refractivity contribution is -0.181. The van der Waals surface area contributed by atoms with E-state index in [1.54, 1.807) is 0 Å². The Morgan fingerprint density at radius 1 is 1.41 bits per heavy atom. The van der Waals surface area contributed by atoms with E-state index < -0.39 is 17.7 Å². The number of β-amino-alcohol motifs (C(OH)–C–C–N with tert-alkyl or cyclic N) is 1. The lowest BCUT2D eigenvalue weighted by Crippen LogP contribution is -2.60.